The van der Waals surface area contributed by atoms with Gasteiger partial charge in [-0.25, -0.2) is 4.98 Å². The van der Waals surface area contributed by atoms with Crippen molar-refractivity contribution < 1.29 is 13.3 Å². The van der Waals surface area contributed by atoms with Crippen molar-refractivity contribution in [2.45, 2.75) is 0 Å². The molecule has 0 saturated heterocycles. The lowest BCUT2D eigenvalue weighted by Crippen LogP contribution is -2.10. The van der Waals surface area contributed by atoms with Gasteiger partial charge in [0.05, 0.1) is 40.1 Å². The molecular weight excluding hydrogens is 1750 g/mol. The van der Waals surface area contributed by atoms with Crippen molar-refractivity contribution in [3.05, 3.63) is 522 Å². The summed E-state index contributed by atoms with van der Waals surface area (Å²) in [4.78, 5) is 21.6. The van der Waals surface area contributed by atoms with E-state index in [1.165, 1.54) is 0 Å². The molecule has 9 heteroatoms. The lowest BCUT2D eigenvalue weighted by molar-refractivity contribution is 0.657. The molecule has 0 bridgehead atoms. The highest BCUT2D eigenvalue weighted by Gasteiger charge is 2.27. The summed E-state index contributed by atoms with van der Waals surface area (Å²) in [6, 6.07) is 179. The van der Waals surface area contributed by atoms with Crippen molar-refractivity contribution in [1.82, 2.24) is 15.0 Å². The minimum atomic E-state index is 0.580. The maximum absolute atomic E-state index is 6.94. The van der Waals surface area contributed by atoms with Crippen LogP contribution in [-0.4, -0.2) is 15.0 Å². The molecular formula is C135H86N6O3. The summed E-state index contributed by atoms with van der Waals surface area (Å²) in [7, 11) is 0. The molecule has 27 aromatic rings. The molecule has 0 fully saturated rings. The second-order valence-corrected chi connectivity index (χ2v) is 36.9. The number of benzene rings is 21. The van der Waals surface area contributed by atoms with E-state index < -0.39 is 0 Å². The van der Waals surface area contributed by atoms with Gasteiger partial charge in [0.2, 0.25) is 5.71 Å². The van der Waals surface area contributed by atoms with E-state index in [2.05, 4.69) is 511 Å². The SMILES string of the molecule is c1ccc(-c2cccc(N(c3ccc(-c4ccc(-c5cccc(-c6ccc(-c7ccc(-c8ccc(N(c9cccc(-c%10ccccc%10)c9)c9cncc%10c9oc9c%11ccccc%11ccc%109)cc8)cc7)cc6)c5)cc4)cc3)c3cnc4oc5c6ccc(-c7ccccc7-c7ccc(-c8ccc(N(c9cccc(-c%10ccccc%10)c9)c9cccc%10oc%11c%12cccnc%12ccc%11c9%10)cc8)cc7)cc6ccc5c4c3)c2)cc1. The Kier molecular flexibility index (Phi) is 20.7. The molecule has 0 amide bonds. The van der Waals surface area contributed by atoms with Crippen molar-refractivity contribution in [3.63, 3.8) is 0 Å². The van der Waals surface area contributed by atoms with Gasteiger partial charge >= 0.3 is 0 Å². The van der Waals surface area contributed by atoms with E-state index in [1.54, 1.807) is 0 Å². The molecule has 27 rings (SSSR count). The van der Waals surface area contributed by atoms with Crippen LogP contribution in [-0.2, 0) is 0 Å². The molecule has 0 atom stereocenters. The number of anilines is 9. The predicted octanol–water partition coefficient (Wildman–Crippen LogP) is 37.8. The topological polar surface area (TPSA) is 87.8 Å². The normalized spacial score (nSPS) is 11.6. The number of hydrogen-bond donors (Lipinski definition) is 0. The first kappa shape index (κ1) is 84.0. The molecule has 21 aromatic carbocycles. The van der Waals surface area contributed by atoms with E-state index in [-0.39, 0.29) is 0 Å². The van der Waals surface area contributed by atoms with Crippen molar-refractivity contribution in [2.75, 3.05) is 14.7 Å². The monoisotopic (exact) mass is 1840 g/mol. The fourth-order valence-corrected chi connectivity index (χ4v) is 21.2. The van der Waals surface area contributed by atoms with E-state index in [4.69, 9.17) is 23.2 Å². The number of pyridine rings is 3. The molecule has 0 spiro atoms. The van der Waals surface area contributed by atoms with Crippen LogP contribution in [0.2, 0.25) is 0 Å². The summed E-state index contributed by atoms with van der Waals surface area (Å²) in [5.41, 5.74) is 39.4. The smallest absolute Gasteiger partial charge is 0.227 e. The highest BCUT2D eigenvalue weighted by molar-refractivity contribution is 6.21. The average Bonchev–Trinajstić information content (AvgIpc) is 1.51. The third-order valence-electron chi connectivity index (χ3n) is 28.5. The van der Waals surface area contributed by atoms with E-state index in [0.29, 0.717) is 5.71 Å². The van der Waals surface area contributed by atoms with Crippen LogP contribution in [0.5, 0.6) is 0 Å². The van der Waals surface area contributed by atoms with E-state index in [9.17, 15) is 0 Å². The largest absolute Gasteiger partial charge is 0.455 e. The van der Waals surface area contributed by atoms with Crippen molar-refractivity contribution >= 4 is 150 Å². The van der Waals surface area contributed by atoms with E-state index >= 15 is 0 Å². The number of nitrogens with zero attached hydrogens (tertiary/aromatic N) is 6. The lowest BCUT2D eigenvalue weighted by Gasteiger charge is -2.27. The van der Waals surface area contributed by atoms with Crippen LogP contribution in [0.15, 0.2) is 535 Å². The molecule has 0 aliphatic heterocycles. The Bertz CT molecular complexity index is 9600. The number of hydrogen-bond acceptors (Lipinski definition) is 9. The highest BCUT2D eigenvalue weighted by Crippen LogP contribution is 2.51. The van der Waals surface area contributed by atoms with Crippen LogP contribution in [0.4, 0.5) is 51.2 Å². The summed E-state index contributed by atoms with van der Waals surface area (Å²) in [5, 5.41) is 11.3. The Morgan fingerprint density at radius 1 is 0.174 bits per heavy atom. The Morgan fingerprint density at radius 3 is 1.12 bits per heavy atom. The lowest BCUT2D eigenvalue weighted by atomic mass is 9.92. The molecule has 6 aromatic heterocycles. The molecule has 0 unspecified atom stereocenters. The molecule has 0 radical (unpaired) electrons. The Balaban J connectivity index is 0.432. The highest BCUT2D eigenvalue weighted by atomic mass is 16.3. The zero-order valence-electron chi connectivity index (χ0n) is 78.1. The van der Waals surface area contributed by atoms with E-state index in [0.717, 1.165) is 266 Å². The van der Waals surface area contributed by atoms with Gasteiger partial charge in [0.1, 0.15) is 28.0 Å². The number of furan rings is 3. The van der Waals surface area contributed by atoms with Gasteiger partial charge in [-0.2, -0.15) is 0 Å². The standard InChI is InChI=1S/C135H86N6O3/c1-4-20-87(21-5-1)104-29-15-32-112(80-104)139(109-66-57-95(58-67-109)93-47-51-99(52-48-93)103-28-14-27-102(78-103)98-49-45-91(46-50-98)90-41-43-92(44-42-90)96-61-70-111(71-62-96)141(114-34-17-31-106(82-114)89-24-8-3-9-25-89)128-86-136-85-125-121-73-63-100-26-10-11-37-118(100)131(121)143-134(125)128)115-83-124-120-74-65-108-79-107(64-72-119(108)132(120)144-135(124)138-84-115)117-36-13-12-35-116(117)101-55-53-94(54-56-101)97-59-68-110(69-60-97)140(113-33-16-30-105(81-113)88-22-6-2-7-23-88)127-39-18-40-129-130(127)123-75-76-126-122(133(123)142-129)38-19-77-137-126/h1-86H. The predicted molar refractivity (Wildman–Crippen MR) is 598 cm³/mol. The minimum Gasteiger partial charge on any atom is -0.455 e. The van der Waals surface area contributed by atoms with Crippen LogP contribution in [0.25, 0.3) is 221 Å². The van der Waals surface area contributed by atoms with Crippen LogP contribution >= 0.6 is 0 Å². The molecule has 674 valence electrons. The van der Waals surface area contributed by atoms with Crippen LogP contribution in [0, 0.1) is 0 Å². The Morgan fingerprint density at radius 2 is 0.562 bits per heavy atom. The minimum absolute atomic E-state index is 0.580. The maximum Gasteiger partial charge on any atom is 0.227 e. The maximum atomic E-state index is 6.94. The third kappa shape index (κ3) is 15.3. The molecule has 0 N–H and O–H groups in total. The van der Waals surface area contributed by atoms with Gasteiger partial charge in [-0.1, -0.05) is 352 Å². The average molecular weight is 1840 g/mol. The molecule has 0 saturated carbocycles. The number of fused-ring (bicyclic) bond motifs is 15. The van der Waals surface area contributed by atoms with Crippen molar-refractivity contribution in [1.29, 1.82) is 0 Å². The van der Waals surface area contributed by atoms with Crippen LogP contribution in [0.3, 0.4) is 0 Å². The Labute approximate surface area is 831 Å². The first-order chi connectivity index (χ1) is 71.3. The van der Waals surface area contributed by atoms with Gasteiger partial charge in [-0.05, 0) is 279 Å². The van der Waals surface area contributed by atoms with Gasteiger partial charge in [0.25, 0.3) is 0 Å². The summed E-state index contributed by atoms with van der Waals surface area (Å²) >= 11 is 0. The summed E-state index contributed by atoms with van der Waals surface area (Å²) in [5.74, 6) is 0. The summed E-state index contributed by atoms with van der Waals surface area (Å²) in [6.07, 6.45) is 7.62. The number of aromatic nitrogens is 3. The molecule has 144 heavy (non-hydrogen) atoms. The van der Waals surface area contributed by atoms with Gasteiger partial charge in [0, 0.05) is 84.2 Å². The first-order valence-corrected chi connectivity index (χ1v) is 48.8. The van der Waals surface area contributed by atoms with Gasteiger partial charge < -0.3 is 28.0 Å². The van der Waals surface area contributed by atoms with Crippen LogP contribution < -0.4 is 14.7 Å². The summed E-state index contributed by atoms with van der Waals surface area (Å²) in [6.45, 7) is 0. The number of rotatable bonds is 20. The van der Waals surface area contributed by atoms with Gasteiger partial charge in [-0.3, -0.25) is 9.97 Å². The zero-order chi connectivity index (χ0) is 95.1. The third-order valence-corrected chi connectivity index (χ3v) is 28.5. The second-order valence-electron chi connectivity index (χ2n) is 36.9. The molecule has 0 aliphatic carbocycles. The fourth-order valence-electron chi connectivity index (χ4n) is 21.2. The van der Waals surface area contributed by atoms with Crippen LogP contribution in [0.1, 0.15) is 0 Å². The first-order valence-electron chi connectivity index (χ1n) is 48.8. The van der Waals surface area contributed by atoms with Gasteiger partial charge in [0.15, 0.2) is 5.58 Å². The molecule has 9 nitrogen and oxygen atoms in total. The summed E-state index contributed by atoms with van der Waals surface area (Å²) < 4.78 is 20.5. The zero-order valence-corrected chi connectivity index (χ0v) is 78.1. The fraction of sp³-hybridized carbons (Fsp3) is 0. The molecule has 0 aliphatic rings. The molecule has 6 heterocycles. The van der Waals surface area contributed by atoms with E-state index in [1.807, 2.05) is 30.9 Å². The second kappa shape index (κ2) is 35.6. The van der Waals surface area contributed by atoms with Crippen molar-refractivity contribution in [3.8, 4) is 122 Å². The quantitative estimate of drug-likeness (QED) is 0.0740. The Hall–Kier alpha value is -19.4. The van der Waals surface area contributed by atoms with Gasteiger partial charge in [-0.15, -0.1) is 0 Å². The van der Waals surface area contributed by atoms with Crippen molar-refractivity contribution in [2.24, 2.45) is 0 Å².